The Morgan fingerprint density at radius 1 is 1.11 bits per heavy atom. The Bertz CT molecular complexity index is 900. The molecule has 1 amide bonds. The predicted molar refractivity (Wildman–Crippen MR) is 98.3 cm³/mol. The van der Waals surface area contributed by atoms with E-state index in [2.05, 4.69) is 15.4 Å². The molecule has 0 radical (unpaired) electrons. The number of nitrogens with zero attached hydrogens (tertiary/aromatic N) is 4. The minimum atomic E-state index is -0.116. The van der Waals surface area contributed by atoms with E-state index in [0.29, 0.717) is 30.4 Å². The van der Waals surface area contributed by atoms with Crippen LogP contribution in [0.15, 0.2) is 53.1 Å². The summed E-state index contributed by atoms with van der Waals surface area (Å²) in [5.41, 5.74) is 2.08. The Hall–Kier alpha value is -3.22. The van der Waals surface area contributed by atoms with Crippen molar-refractivity contribution in [1.29, 1.82) is 0 Å². The predicted octanol–water partition coefficient (Wildman–Crippen LogP) is 3.12. The highest BCUT2D eigenvalue weighted by Gasteiger charge is 2.27. The third kappa shape index (κ3) is 3.97. The van der Waals surface area contributed by atoms with Crippen LogP contribution in [-0.2, 0) is 0 Å². The average Bonchev–Trinajstić information content (AvgIpc) is 3.21. The summed E-state index contributed by atoms with van der Waals surface area (Å²) in [4.78, 5) is 14.5. The molecular weight excluding hydrogens is 344 g/mol. The van der Waals surface area contributed by atoms with E-state index in [1.54, 1.807) is 11.0 Å². The monoisotopic (exact) mass is 364 g/mol. The highest BCUT2D eigenvalue weighted by atomic mass is 16.5. The molecule has 0 atom stereocenters. The lowest BCUT2D eigenvalue weighted by Crippen LogP contribution is -2.42. The van der Waals surface area contributed by atoms with E-state index >= 15 is 0 Å². The van der Waals surface area contributed by atoms with Crippen LogP contribution in [0.1, 0.15) is 29.0 Å². The molecule has 4 rings (SSSR count). The first-order valence-corrected chi connectivity index (χ1v) is 8.97. The third-order valence-electron chi connectivity index (χ3n) is 4.58. The summed E-state index contributed by atoms with van der Waals surface area (Å²) in [6, 6.07) is 15.0. The van der Waals surface area contributed by atoms with E-state index in [-0.39, 0.29) is 12.0 Å². The molecule has 2 aromatic heterocycles. The minimum absolute atomic E-state index is 0.0308. The van der Waals surface area contributed by atoms with Gasteiger partial charge in [0, 0.05) is 43.6 Å². The number of rotatable bonds is 4. The van der Waals surface area contributed by atoms with Crippen LogP contribution in [0.4, 0.5) is 0 Å². The van der Waals surface area contributed by atoms with Crippen molar-refractivity contribution in [2.24, 2.45) is 0 Å². The van der Waals surface area contributed by atoms with Gasteiger partial charge in [-0.15, -0.1) is 5.10 Å². The van der Waals surface area contributed by atoms with Gasteiger partial charge in [0.15, 0.2) is 11.5 Å². The summed E-state index contributed by atoms with van der Waals surface area (Å²) >= 11 is 0. The number of aromatic nitrogens is 3. The number of aryl methyl sites for hydroxylation is 1. The molecule has 1 aliphatic rings. The standard InChI is InChI=1S/C20H20N4O3/c1-14-7-8-19(22-21-14)26-16-9-11-24(12-10-16)20(25)17-13-18(27-23-17)15-5-3-2-4-6-15/h2-8,13,16H,9-12H2,1H3. The molecule has 0 bridgehead atoms. The van der Waals surface area contributed by atoms with Crippen molar-refractivity contribution >= 4 is 5.91 Å². The Kier molecular flexibility index (Phi) is 4.82. The maximum absolute atomic E-state index is 12.7. The van der Waals surface area contributed by atoms with Gasteiger partial charge in [0.05, 0.1) is 5.69 Å². The number of likely N-dealkylation sites (tertiary alicyclic amines) is 1. The van der Waals surface area contributed by atoms with Gasteiger partial charge >= 0.3 is 0 Å². The van der Waals surface area contributed by atoms with Gasteiger partial charge < -0.3 is 14.2 Å². The lowest BCUT2D eigenvalue weighted by molar-refractivity contribution is 0.0577. The molecule has 3 heterocycles. The van der Waals surface area contributed by atoms with E-state index in [0.717, 1.165) is 24.1 Å². The summed E-state index contributed by atoms with van der Waals surface area (Å²) in [5.74, 6) is 0.999. The van der Waals surface area contributed by atoms with Crippen LogP contribution in [0.3, 0.4) is 0 Å². The lowest BCUT2D eigenvalue weighted by Gasteiger charge is -2.31. The zero-order valence-corrected chi connectivity index (χ0v) is 15.0. The quantitative estimate of drug-likeness (QED) is 0.707. The van der Waals surface area contributed by atoms with Crippen LogP contribution in [0.2, 0.25) is 0 Å². The normalized spacial score (nSPS) is 14.9. The molecule has 0 unspecified atom stereocenters. The second-order valence-corrected chi connectivity index (χ2v) is 6.56. The number of hydrogen-bond donors (Lipinski definition) is 0. The molecule has 1 fully saturated rings. The Labute approximate surface area is 157 Å². The van der Waals surface area contributed by atoms with E-state index in [4.69, 9.17) is 9.26 Å². The van der Waals surface area contributed by atoms with E-state index in [1.807, 2.05) is 49.4 Å². The zero-order valence-electron chi connectivity index (χ0n) is 15.0. The third-order valence-corrected chi connectivity index (χ3v) is 4.58. The van der Waals surface area contributed by atoms with Crippen LogP contribution in [0, 0.1) is 6.92 Å². The van der Waals surface area contributed by atoms with Crippen LogP contribution in [-0.4, -0.2) is 45.4 Å². The second-order valence-electron chi connectivity index (χ2n) is 6.56. The van der Waals surface area contributed by atoms with Crippen molar-refractivity contribution in [1.82, 2.24) is 20.3 Å². The van der Waals surface area contributed by atoms with Gasteiger partial charge in [-0.3, -0.25) is 4.79 Å². The summed E-state index contributed by atoms with van der Waals surface area (Å²) < 4.78 is 11.2. The van der Waals surface area contributed by atoms with Crippen molar-refractivity contribution < 1.29 is 14.1 Å². The number of piperidine rings is 1. The molecule has 0 N–H and O–H groups in total. The number of amides is 1. The molecule has 1 aliphatic heterocycles. The number of carbonyl (C=O) groups excluding carboxylic acids is 1. The maximum Gasteiger partial charge on any atom is 0.276 e. The zero-order chi connectivity index (χ0) is 18.6. The molecular formula is C20H20N4O3. The first-order chi connectivity index (χ1) is 13.2. The molecule has 7 nitrogen and oxygen atoms in total. The summed E-state index contributed by atoms with van der Waals surface area (Å²) in [7, 11) is 0. The Morgan fingerprint density at radius 3 is 2.59 bits per heavy atom. The van der Waals surface area contributed by atoms with Gasteiger partial charge in [0.2, 0.25) is 5.88 Å². The van der Waals surface area contributed by atoms with Crippen LogP contribution in [0.25, 0.3) is 11.3 Å². The highest BCUT2D eigenvalue weighted by molar-refractivity contribution is 5.93. The molecule has 1 saturated heterocycles. The first-order valence-electron chi connectivity index (χ1n) is 8.97. The van der Waals surface area contributed by atoms with Crippen molar-refractivity contribution in [2.45, 2.75) is 25.9 Å². The molecule has 0 aliphatic carbocycles. The molecule has 0 saturated carbocycles. The SMILES string of the molecule is Cc1ccc(OC2CCN(C(=O)c3cc(-c4ccccc4)on3)CC2)nn1. The Balaban J connectivity index is 1.35. The van der Waals surface area contributed by atoms with Crippen molar-refractivity contribution in [3.8, 4) is 17.2 Å². The smallest absolute Gasteiger partial charge is 0.276 e. The van der Waals surface area contributed by atoms with Gasteiger partial charge in [-0.25, -0.2) is 0 Å². The number of ether oxygens (including phenoxy) is 1. The second kappa shape index (κ2) is 7.57. The fourth-order valence-corrected chi connectivity index (χ4v) is 3.07. The van der Waals surface area contributed by atoms with Gasteiger partial charge in [-0.2, -0.15) is 5.10 Å². The number of benzene rings is 1. The number of carbonyl (C=O) groups is 1. The van der Waals surface area contributed by atoms with Gasteiger partial charge in [-0.05, 0) is 13.0 Å². The van der Waals surface area contributed by atoms with Crippen molar-refractivity contribution in [2.75, 3.05) is 13.1 Å². The topological polar surface area (TPSA) is 81.4 Å². The lowest BCUT2D eigenvalue weighted by atomic mass is 10.1. The van der Waals surface area contributed by atoms with Gasteiger partial charge in [-0.1, -0.05) is 35.5 Å². The van der Waals surface area contributed by atoms with Gasteiger partial charge in [0.1, 0.15) is 6.10 Å². The molecule has 7 heteroatoms. The minimum Gasteiger partial charge on any atom is -0.473 e. The van der Waals surface area contributed by atoms with E-state index in [9.17, 15) is 4.79 Å². The number of hydrogen-bond acceptors (Lipinski definition) is 6. The van der Waals surface area contributed by atoms with Crippen LogP contribution < -0.4 is 4.74 Å². The first kappa shape index (κ1) is 17.2. The largest absolute Gasteiger partial charge is 0.473 e. The van der Waals surface area contributed by atoms with E-state index < -0.39 is 0 Å². The molecule has 0 spiro atoms. The molecule has 1 aromatic carbocycles. The molecule has 3 aromatic rings. The summed E-state index contributed by atoms with van der Waals surface area (Å²) in [5, 5.41) is 12.0. The Morgan fingerprint density at radius 2 is 1.89 bits per heavy atom. The van der Waals surface area contributed by atoms with Crippen LogP contribution in [0.5, 0.6) is 5.88 Å². The van der Waals surface area contributed by atoms with Crippen molar-refractivity contribution in [3.63, 3.8) is 0 Å². The van der Waals surface area contributed by atoms with Gasteiger partial charge in [0.25, 0.3) is 5.91 Å². The van der Waals surface area contributed by atoms with Crippen LogP contribution >= 0.6 is 0 Å². The fourth-order valence-electron chi connectivity index (χ4n) is 3.07. The highest BCUT2D eigenvalue weighted by Crippen LogP contribution is 2.22. The molecule has 27 heavy (non-hydrogen) atoms. The molecule has 138 valence electrons. The fraction of sp³-hybridized carbons (Fsp3) is 0.300. The van der Waals surface area contributed by atoms with E-state index in [1.165, 1.54) is 0 Å². The van der Waals surface area contributed by atoms with Crippen molar-refractivity contribution in [3.05, 3.63) is 59.9 Å². The average molecular weight is 364 g/mol. The summed E-state index contributed by atoms with van der Waals surface area (Å²) in [6.07, 6.45) is 1.51. The maximum atomic E-state index is 12.7. The summed E-state index contributed by atoms with van der Waals surface area (Å²) in [6.45, 7) is 3.10.